The van der Waals surface area contributed by atoms with Crippen LogP contribution in [0.5, 0.6) is 5.88 Å². The van der Waals surface area contributed by atoms with Crippen molar-refractivity contribution in [1.29, 1.82) is 0 Å². The van der Waals surface area contributed by atoms with E-state index in [9.17, 15) is 24.6 Å². The molecule has 0 bridgehead atoms. The lowest BCUT2D eigenvalue weighted by molar-refractivity contribution is -0.139. The Kier molecular flexibility index (Phi) is 7.82. The second kappa shape index (κ2) is 10.8. The van der Waals surface area contributed by atoms with E-state index in [0.29, 0.717) is 11.4 Å². The van der Waals surface area contributed by atoms with Crippen molar-refractivity contribution >= 4 is 40.6 Å². The number of aromatic hydroxyl groups is 1. The van der Waals surface area contributed by atoms with Crippen LogP contribution in [0.3, 0.4) is 0 Å². The highest BCUT2D eigenvalue weighted by molar-refractivity contribution is 5.97. The Bertz CT molecular complexity index is 1270. The summed E-state index contributed by atoms with van der Waals surface area (Å²) in [4.78, 5) is 52.0. The van der Waals surface area contributed by atoms with Gasteiger partial charge in [0.2, 0.25) is 17.7 Å². The van der Waals surface area contributed by atoms with Crippen molar-refractivity contribution in [2.75, 3.05) is 11.1 Å². The third kappa shape index (κ3) is 7.22. The third-order valence-corrected chi connectivity index (χ3v) is 4.85. The van der Waals surface area contributed by atoms with Gasteiger partial charge in [-0.25, -0.2) is 14.8 Å². The molecule has 13 nitrogen and oxygen atoms in total. The topological polar surface area (TPSA) is 205 Å². The molecule has 190 valence electrons. The minimum Gasteiger partial charge on any atom is -0.492 e. The molecule has 0 unspecified atom stereocenters. The summed E-state index contributed by atoms with van der Waals surface area (Å²) in [6.07, 6.45) is 1.41. The number of carboxylic acids is 1. The van der Waals surface area contributed by atoms with E-state index in [4.69, 9.17) is 5.73 Å². The number of fused-ring (bicyclic) bond motifs is 1. The van der Waals surface area contributed by atoms with Crippen molar-refractivity contribution in [3.63, 3.8) is 0 Å². The minimum absolute atomic E-state index is 0.0354. The van der Waals surface area contributed by atoms with E-state index in [1.165, 1.54) is 18.3 Å². The average molecular weight is 497 g/mol. The molecule has 0 radical (unpaired) electrons. The van der Waals surface area contributed by atoms with Gasteiger partial charge in [0.1, 0.15) is 6.04 Å². The molecule has 13 heteroatoms. The molecule has 2 heterocycles. The Morgan fingerprint density at radius 3 is 2.42 bits per heavy atom. The lowest BCUT2D eigenvalue weighted by atomic mass is 10.1. The van der Waals surface area contributed by atoms with Gasteiger partial charge in [-0.3, -0.25) is 9.59 Å². The van der Waals surface area contributed by atoms with Crippen LogP contribution in [0.25, 0.3) is 11.2 Å². The standard InChI is InChI=1S/C23H28N8O5/c1-23(2,3)31-16(32)9-8-15(21(35)36)28-19(33)12-4-6-13(7-5-12)25-10-14-11-26-18-17(27-14)20(34)30-22(24)29-18/h4-7,11,15,25H,8-10H2,1-3H3,(H,28,33)(H,31,32)(H,35,36)(H3,24,26,29,30,34)/t15-/m0/s1. The van der Waals surface area contributed by atoms with Crippen LogP contribution in [-0.4, -0.2) is 59.5 Å². The first kappa shape index (κ1) is 26.1. The predicted molar refractivity (Wildman–Crippen MR) is 131 cm³/mol. The number of aromatic nitrogens is 4. The van der Waals surface area contributed by atoms with Gasteiger partial charge >= 0.3 is 5.97 Å². The second-order valence-corrected chi connectivity index (χ2v) is 9.07. The van der Waals surface area contributed by atoms with E-state index in [-0.39, 0.29) is 53.8 Å². The van der Waals surface area contributed by atoms with E-state index in [2.05, 4.69) is 35.9 Å². The van der Waals surface area contributed by atoms with Crippen LogP contribution in [0, 0.1) is 0 Å². The third-order valence-electron chi connectivity index (χ3n) is 4.85. The van der Waals surface area contributed by atoms with Gasteiger partial charge in [-0.2, -0.15) is 9.97 Å². The monoisotopic (exact) mass is 496 g/mol. The summed E-state index contributed by atoms with van der Waals surface area (Å²) in [5, 5.41) is 27.7. The molecule has 1 aromatic carbocycles. The number of nitrogens with two attached hydrogens (primary N) is 1. The molecule has 2 amide bonds. The van der Waals surface area contributed by atoms with Gasteiger partial charge < -0.3 is 31.9 Å². The molecular weight excluding hydrogens is 468 g/mol. The molecule has 7 N–H and O–H groups in total. The molecule has 0 aliphatic heterocycles. The zero-order chi connectivity index (χ0) is 26.5. The highest BCUT2D eigenvalue weighted by Crippen LogP contribution is 2.19. The first-order valence-corrected chi connectivity index (χ1v) is 11.1. The number of nitrogen functional groups attached to an aromatic ring is 1. The van der Waals surface area contributed by atoms with Crippen molar-refractivity contribution < 1.29 is 24.6 Å². The van der Waals surface area contributed by atoms with Crippen molar-refractivity contribution in [3.05, 3.63) is 41.7 Å². The van der Waals surface area contributed by atoms with Gasteiger partial charge in [-0.05, 0) is 51.5 Å². The van der Waals surface area contributed by atoms with Crippen molar-refractivity contribution in [2.24, 2.45) is 0 Å². The number of carboxylic acid groups (broad SMARTS) is 1. The number of anilines is 2. The van der Waals surface area contributed by atoms with Crippen molar-refractivity contribution in [3.8, 4) is 5.88 Å². The molecule has 0 spiro atoms. The van der Waals surface area contributed by atoms with Gasteiger partial charge in [-0.15, -0.1) is 0 Å². The average Bonchev–Trinajstić information content (AvgIpc) is 2.79. The first-order chi connectivity index (χ1) is 16.9. The van der Waals surface area contributed by atoms with Crippen LogP contribution >= 0.6 is 0 Å². The Labute approximate surface area is 206 Å². The smallest absolute Gasteiger partial charge is 0.326 e. The molecule has 0 saturated heterocycles. The lowest BCUT2D eigenvalue weighted by Crippen LogP contribution is -2.44. The Balaban J connectivity index is 1.57. The van der Waals surface area contributed by atoms with Crippen molar-refractivity contribution in [2.45, 2.75) is 51.7 Å². The predicted octanol–water partition coefficient (Wildman–Crippen LogP) is 1.20. The molecule has 2 aromatic heterocycles. The number of carbonyl (C=O) groups is 3. The maximum atomic E-state index is 12.5. The van der Waals surface area contributed by atoms with Gasteiger partial charge in [0.05, 0.1) is 18.4 Å². The molecule has 1 atom stereocenters. The summed E-state index contributed by atoms with van der Waals surface area (Å²) in [5.41, 5.74) is 6.79. The number of nitrogens with one attached hydrogen (secondary N) is 3. The van der Waals surface area contributed by atoms with Crippen LogP contribution in [-0.2, 0) is 16.1 Å². The largest absolute Gasteiger partial charge is 0.492 e. The Morgan fingerprint density at radius 2 is 1.78 bits per heavy atom. The number of benzene rings is 1. The number of amides is 2. The van der Waals surface area contributed by atoms with Crippen LogP contribution < -0.4 is 21.7 Å². The fourth-order valence-electron chi connectivity index (χ4n) is 3.22. The number of aliphatic carboxylic acids is 1. The number of rotatable bonds is 9. The number of hydrogen-bond donors (Lipinski definition) is 6. The van der Waals surface area contributed by atoms with Crippen LogP contribution in [0.15, 0.2) is 30.5 Å². The molecule has 3 aromatic rings. The first-order valence-electron chi connectivity index (χ1n) is 11.1. The van der Waals surface area contributed by atoms with E-state index < -0.39 is 23.5 Å². The summed E-state index contributed by atoms with van der Waals surface area (Å²) in [6.45, 7) is 5.73. The number of carbonyl (C=O) groups excluding carboxylic acids is 2. The zero-order valence-corrected chi connectivity index (χ0v) is 20.1. The minimum atomic E-state index is -1.22. The van der Waals surface area contributed by atoms with E-state index in [0.717, 1.165) is 0 Å². The molecule has 36 heavy (non-hydrogen) atoms. The van der Waals surface area contributed by atoms with Crippen LogP contribution in [0.2, 0.25) is 0 Å². The van der Waals surface area contributed by atoms with E-state index >= 15 is 0 Å². The van der Waals surface area contributed by atoms with Gasteiger partial charge in [0.15, 0.2) is 11.2 Å². The van der Waals surface area contributed by atoms with Gasteiger partial charge in [0.25, 0.3) is 5.91 Å². The maximum Gasteiger partial charge on any atom is 0.326 e. The summed E-state index contributed by atoms with van der Waals surface area (Å²) < 4.78 is 0. The molecular formula is C23H28N8O5. The van der Waals surface area contributed by atoms with Crippen LogP contribution in [0.4, 0.5) is 11.6 Å². The number of hydrogen-bond acceptors (Lipinski definition) is 10. The summed E-state index contributed by atoms with van der Waals surface area (Å²) in [5.74, 6) is -2.55. The fourth-order valence-corrected chi connectivity index (χ4v) is 3.22. The Hall–Kier alpha value is -4.55. The molecule has 3 rings (SSSR count). The SMILES string of the molecule is CC(C)(C)NC(=O)CC[C@H](NC(=O)c1ccc(NCc2cnc3nc(N)nc(O)c3n2)cc1)C(=O)O. The molecule has 0 aliphatic carbocycles. The summed E-state index contributed by atoms with van der Waals surface area (Å²) in [7, 11) is 0. The quantitative estimate of drug-likeness (QED) is 0.248. The highest BCUT2D eigenvalue weighted by Gasteiger charge is 2.23. The van der Waals surface area contributed by atoms with Crippen molar-refractivity contribution in [1.82, 2.24) is 30.6 Å². The summed E-state index contributed by atoms with van der Waals surface area (Å²) in [6, 6.07) is 5.17. The maximum absolute atomic E-state index is 12.5. The zero-order valence-electron chi connectivity index (χ0n) is 20.1. The normalized spacial score (nSPS) is 12.1. The lowest BCUT2D eigenvalue weighted by Gasteiger charge is -2.21. The van der Waals surface area contributed by atoms with Gasteiger partial charge in [0, 0.05) is 23.2 Å². The van der Waals surface area contributed by atoms with Gasteiger partial charge in [-0.1, -0.05) is 0 Å². The number of nitrogens with zero attached hydrogens (tertiary/aromatic N) is 4. The molecule has 0 saturated carbocycles. The highest BCUT2D eigenvalue weighted by atomic mass is 16.4. The molecule has 0 fully saturated rings. The molecule has 0 aliphatic rings. The second-order valence-electron chi connectivity index (χ2n) is 9.07. The fraction of sp³-hybridized carbons (Fsp3) is 0.348. The van der Waals surface area contributed by atoms with E-state index in [1.807, 2.05) is 20.8 Å². The Morgan fingerprint density at radius 1 is 1.08 bits per heavy atom. The van der Waals surface area contributed by atoms with Crippen LogP contribution in [0.1, 0.15) is 49.7 Å². The van der Waals surface area contributed by atoms with E-state index in [1.54, 1.807) is 12.1 Å². The summed E-state index contributed by atoms with van der Waals surface area (Å²) >= 11 is 0.